The second-order valence-electron chi connectivity index (χ2n) is 5.13. The van der Waals surface area contributed by atoms with E-state index in [1.54, 1.807) is 0 Å². The number of likely N-dealkylation sites (tertiary alicyclic amines) is 1. The van der Waals surface area contributed by atoms with Gasteiger partial charge in [0.15, 0.2) is 11.4 Å². The van der Waals surface area contributed by atoms with E-state index in [0.29, 0.717) is 11.2 Å². The molecule has 0 aromatic heterocycles. The van der Waals surface area contributed by atoms with Gasteiger partial charge in [0, 0.05) is 11.7 Å². The molecule has 0 aliphatic carbocycles. The summed E-state index contributed by atoms with van der Waals surface area (Å²) in [5.74, 6) is 0. The van der Waals surface area contributed by atoms with Gasteiger partial charge >= 0.3 is 0 Å². The van der Waals surface area contributed by atoms with Gasteiger partial charge in [0.05, 0.1) is 5.69 Å². The number of thioether (sulfide) groups is 1. The van der Waals surface area contributed by atoms with Crippen LogP contribution >= 0.6 is 11.8 Å². The first-order valence-electron chi connectivity index (χ1n) is 7.04. The molecule has 0 saturated carbocycles. The van der Waals surface area contributed by atoms with Crippen LogP contribution in [0.5, 0.6) is 0 Å². The molecule has 2 rings (SSSR count). The van der Waals surface area contributed by atoms with Crippen molar-refractivity contribution in [3.63, 3.8) is 0 Å². The zero-order valence-corrected chi connectivity index (χ0v) is 13.3. The van der Waals surface area contributed by atoms with Crippen LogP contribution < -0.4 is 10.6 Å². The van der Waals surface area contributed by atoms with Crippen LogP contribution in [0.15, 0.2) is 29.3 Å². The SMILES string of the molecule is CSC(=Nc1ccc(NC2CCN(C)CC2)cc1)NC#N. The molecule has 1 fully saturated rings. The predicted octanol–water partition coefficient (Wildman–Crippen LogP) is 2.61. The topological polar surface area (TPSA) is 63.5 Å². The van der Waals surface area contributed by atoms with Crippen molar-refractivity contribution in [1.82, 2.24) is 10.2 Å². The van der Waals surface area contributed by atoms with Gasteiger partial charge < -0.3 is 10.2 Å². The summed E-state index contributed by atoms with van der Waals surface area (Å²) in [5.41, 5.74) is 1.97. The molecule has 1 heterocycles. The highest BCUT2D eigenvalue weighted by atomic mass is 32.2. The highest BCUT2D eigenvalue weighted by Crippen LogP contribution is 2.20. The molecule has 0 amide bonds. The van der Waals surface area contributed by atoms with Gasteiger partial charge in [-0.15, -0.1) is 0 Å². The van der Waals surface area contributed by atoms with Crippen LogP contribution in [0.2, 0.25) is 0 Å². The number of aliphatic imine (C=N–C) groups is 1. The lowest BCUT2D eigenvalue weighted by molar-refractivity contribution is 0.264. The first-order chi connectivity index (χ1) is 10.2. The number of amidine groups is 1. The molecule has 5 nitrogen and oxygen atoms in total. The summed E-state index contributed by atoms with van der Waals surface area (Å²) in [7, 11) is 2.17. The van der Waals surface area contributed by atoms with Gasteiger partial charge in [-0.25, -0.2) is 4.99 Å². The molecule has 1 aliphatic rings. The molecular weight excluding hydrogens is 282 g/mol. The van der Waals surface area contributed by atoms with Crippen molar-refractivity contribution in [1.29, 1.82) is 5.26 Å². The maximum absolute atomic E-state index is 8.62. The van der Waals surface area contributed by atoms with Crippen LogP contribution in [-0.4, -0.2) is 42.5 Å². The summed E-state index contributed by atoms with van der Waals surface area (Å²) in [4.78, 5) is 6.74. The number of nitrogens with one attached hydrogen (secondary N) is 2. The van der Waals surface area contributed by atoms with Crippen LogP contribution in [0, 0.1) is 11.5 Å². The van der Waals surface area contributed by atoms with Gasteiger partial charge in [-0.2, -0.15) is 5.26 Å². The second-order valence-corrected chi connectivity index (χ2v) is 5.92. The van der Waals surface area contributed by atoms with E-state index < -0.39 is 0 Å². The Kier molecular flexibility index (Phi) is 5.90. The number of anilines is 1. The Morgan fingerprint density at radius 1 is 1.33 bits per heavy atom. The van der Waals surface area contributed by atoms with E-state index in [0.717, 1.165) is 24.5 Å². The van der Waals surface area contributed by atoms with Crippen LogP contribution in [0.25, 0.3) is 0 Å². The quantitative estimate of drug-likeness (QED) is 0.389. The number of nitrogens with zero attached hydrogens (tertiary/aromatic N) is 3. The van der Waals surface area contributed by atoms with Crippen molar-refractivity contribution >= 4 is 28.3 Å². The minimum atomic E-state index is 0.553. The first-order valence-corrected chi connectivity index (χ1v) is 8.26. The fourth-order valence-electron chi connectivity index (χ4n) is 2.31. The van der Waals surface area contributed by atoms with Crippen molar-refractivity contribution in [2.45, 2.75) is 18.9 Å². The van der Waals surface area contributed by atoms with Gasteiger partial charge in [-0.1, -0.05) is 11.8 Å². The van der Waals surface area contributed by atoms with Crippen molar-refractivity contribution in [3.8, 4) is 6.19 Å². The average Bonchev–Trinajstić information content (AvgIpc) is 2.51. The summed E-state index contributed by atoms with van der Waals surface area (Å²) >= 11 is 1.42. The Hall–Kier alpha value is -1.71. The smallest absolute Gasteiger partial charge is 0.183 e. The Labute approximate surface area is 130 Å². The zero-order chi connectivity index (χ0) is 15.1. The molecule has 21 heavy (non-hydrogen) atoms. The molecular formula is C15H21N5S. The fraction of sp³-hybridized carbons (Fsp3) is 0.467. The lowest BCUT2D eigenvalue weighted by Gasteiger charge is -2.30. The van der Waals surface area contributed by atoms with E-state index in [9.17, 15) is 0 Å². The minimum Gasteiger partial charge on any atom is -0.382 e. The second kappa shape index (κ2) is 7.91. The molecule has 0 radical (unpaired) electrons. The molecule has 0 bridgehead atoms. The Morgan fingerprint density at radius 2 is 2.00 bits per heavy atom. The van der Waals surface area contributed by atoms with E-state index in [1.165, 1.54) is 24.6 Å². The number of nitriles is 1. The molecule has 1 aromatic carbocycles. The Balaban J connectivity index is 1.94. The number of benzene rings is 1. The Bertz CT molecular complexity index is 512. The molecule has 2 N–H and O–H groups in total. The molecule has 1 saturated heterocycles. The van der Waals surface area contributed by atoms with Crippen molar-refractivity contribution < 1.29 is 0 Å². The van der Waals surface area contributed by atoms with Gasteiger partial charge in [0.25, 0.3) is 0 Å². The number of hydrogen-bond donors (Lipinski definition) is 2. The normalized spacial score (nSPS) is 17.3. The lowest BCUT2D eigenvalue weighted by Crippen LogP contribution is -2.36. The van der Waals surface area contributed by atoms with Gasteiger partial charge in [0.2, 0.25) is 0 Å². The molecule has 112 valence electrons. The van der Waals surface area contributed by atoms with E-state index in [-0.39, 0.29) is 0 Å². The van der Waals surface area contributed by atoms with Crippen LogP contribution in [0.4, 0.5) is 11.4 Å². The lowest BCUT2D eigenvalue weighted by atomic mass is 10.1. The highest BCUT2D eigenvalue weighted by Gasteiger charge is 2.15. The molecule has 0 unspecified atom stereocenters. The fourth-order valence-corrected chi connectivity index (χ4v) is 2.65. The van der Waals surface area contributed by atoms with E-state index in [4.69, 9.17) is 5.26 Å². The van der Waals surface area contributed by atoms with Crippen molar-refractivity contribution in [3.05, 3.63) is 24.3 Å². The largest absolute Gasteiger partial charge is 0.382 e. The third kappa shape index (κ3) is 4.96. The summed E-state index contributed by atoms with van der Waals surface area (Å²) in [6.45, 7) is 2.30. The molecule has 0 spiro atoms. The van der Waals surface area contributed by atoms with Crippen LogP contribution in [0.1, 0.15) is 12.8 Å². The van der Waals surface area contributed by atoms with E-state index in [1.807, 2.05) is 36.7 Å². The summed E-state index contributed by atoms with van der Waals surface area (Å²) in [6, 6.07) is 8.57. The minimum absolute atomic E-state index is 0.553. The van der Waals surface area contributed by atoms with E-state index in [2.05, 4.69) is 27.6 Å². The summed E-state index contributed by atoms with van der Waals surface area (Å²) in [5, 5.41) is 15.4. The number of rotatable bonds is 3. The van der Waals surface area contributed by atoms with Crippen LogP contribution in [-0.2, 0) is 0 Å². The van der Waals surface area contributed by atoms with E-state index >= 15 is 0 Å². The predicted molar refractivity (Wildman–Crippen MR) is 89.9 cm³/mol. The van der Waals surface area contributed by atoms with Crippen LogP contribution in [0.3, 0.4) is 0 Å². The molecule has 1 aromatic rings. The maximum Gasteiger partial charge on any atom is 0.183 e. The van der Waals surface area contributed by atoms with Gasteiger partial charge in [-0.05, 0) is 63.5 Å². The standard InChI is InChI=1S/C15H21N5S/c1-20-9-7-14(8-10-20)18-12-3-5-13(6-4-12)19-15(21-2)17-11-16/h3-6,14,18H,7-10H2,1-2H3,(H,17,19). The van der Waals surface area contributed by atoms with Gasteiger partial charge in [0.1, 0.15) is 0 Å². The average molecular weight is 303 g/mol. The number of piperidine rings is 1. The highest BCUT2D eigenvalue weighted by molar-refractivity contribution is 8.13. The molecule has 0 atom stereocenters. The number of hydrogen-bond acceptors (Lipinski definition) is 5. The molecule has 6 heteroatoms. The summed E-state index contributed by atoms with van der Waals surface area (Å²) in [6.07, 6.45) is 6.14. The zero-order valence-electron chi connectivity index (χ0n) is 12.5. The summed E-state index contributed by atoms with van der Waals surface area (Å²) < 4.78 is 0. The monoisotopic (exact) mass is 303 g/mol. The third-order valence-electron chi connectivity index (χ3n) is 3.54. The van der Waals surface area contributed by atoms with Gasteiger partial charge in [-0.3, -0.25) is 5.32 Å². The van der Waals surface area contributed by atoms with Crippen molar-refractivity contribution in [2.24, 2.45) is 4.99 Å². The maximum atomic E-state index is 8.62. The first kappa shape index (κ1) is 15.7. The third-order valence-corrected chi connectivity index (χ3v) is 4.12. The van der Waals surface area contributed by atoms with Crippen molar-refractivity contribution in [2.75, 3.05) is 31.7 Å². The molecule has 1 aliphatic heterocycles. The Morgan fingerprint density at radius 3 is 2.57 bits per heavy atom.